The Morgan fingerprint density at radius 1 is 1.00 bits per heavy atom. The predicted octanol–water partition coefficient (Wildman–Crippen LogP) is 3.18. The number of ether oxygens (including phenoxy) is 1. The van der Waals surface area contributed by atoms with E-state index in [1.54, 1.807) is 44.2 Å². The zero-order chi connectivity index (χ0) is 15.8. The molecular weight excluding hydrogens is 298 g/mol. The van der Waals surface area contributed by atoms with Crippen LogP contribution in [0, 0.1) is 0 Å². The lowest BCUT2D eigenvalue weighted by Crippen LogP contribution is -2.43. The van der Waals surface area contributed by atoms with E-state index in [-0.39, 0.29) is 6.10 Å². The highest BCUT2D eigenvalue weighted by molar-refractivity contribution is 7.89. The molecule has 4 nitrogen and oxygen atoms in total. The van der Waals surface area contributed by atoms with Gasteiger partial charge in [-0.25, -0.2) is 8.42 Å². The Hall–Kier alpha value is -1.69. The molecule has 1 unspecified atom stereocenters. The Morgan fingerprint density at radius 3 is 2.14 bits per heavy atom. The molecule has 116 valence electrons. The van der Waals surface area contributed by atoms with Crippen LogP contribution in [0.2, 0.25) is 0 Å². The van der Waals surface area contributed by atoms with Gasteiger partial charge in [0.2, 0.25) is 10.0 Å². The molecule has 5 heteroatoms. The summed E-state index contributed by atoms with van der Waals surface area (Å²) in [5.41, 5.74) is 0.108. The van der Waals surface area contributed by atoms with Crippen molar-refractivity contribution in [1.29, 1.82) is 0 Å². The summed E-state index contributed by atoms with van der Waals surface area (Å²) in [6, 6.07) is 18.2. The van der Waals surface area contributed by atoms with Gasteiger partial charge < -0.3 is 4.74 Å². The molecule has 0 N–H and O–H groups in total. The molecule has 0 spiro atoms. The highest BCUT2D eigenvalue weighted by atomic mass is 32.2. The van der Waals surface area contributed by atoms with Crippen molar-refractivity contribution in [2.45, 2.75) is 30.6 Å². The fourth-order valence-corrected chi connectivity index (χ4v) is 4.47. The lowest BCUT2D eigenvalue weighted by atomic mass is 10.1. The molecule has 0 aliphatic carbocycles. The van der Waals surface area contributed by atoms with Crippen molar-refractivity contribution in [1.82, 2.24) is 4.31 Å². The Kier molecular flexibility index (Phi) is 3.80. The first-order valence-electron chi connectivity index (χ1n) is 7.22. The first kappa shape index (κ1) is 15.2. The van der Waals surface area contributed by atoms with E-state index in [1.807, 2.05) is 30.3 Å². The first-order chi connectivity index (χ1) is 10.4. The second-order valence-electron chi connectivity index (χ2n) is 5.81. The molecule has 22 heavy (non-hydrogen) atoms. The summed E-state index contributed by atoms with van der Waals surface area (Å²) in [6.07, 6.45) is -0.255. The van der Waals surface area contributed by atoms with Crippen LogP contribution in [0.4, 0.5) is 0 Å². The van der Waals surface area contributed by atoms with E-state index in [9.17, 15) is 8.42 Å². The maximum absolute atomic E-state index is 12.9. The molecule has 0 amide bonds. The molecule has 2 aromatic rings. The van der Waals surface area contributed by atoms with Crippen LogP contribution in [0.3, 0.4) is 0 Å². The minimum absolute atomic E-state index is 0.255. The van der Waals surface area contributed by atoms with E-state index in [0.29, 0.717) is 11.4 Å². The van der Waals surface area contributed by atoms with Crippen LogP contribution in [0.25, 0.3) is 0 Å². The minimum Gasteiger partial charge on any atom is -0.351 e. The molecule has 1 saturated heterocycles. The predicted molar refractivity (Wildman–Crippen MR) is 84.7 cm³/mol. The van der Waals surface area contributed by atoms with Gasteiger partial charge in [0.25, 0.3) is 0 Å². The molecule has 1 heterocycles. The van der Waals surface area contributed by atoms with Gasteiger partial charge in [0.1, 0.15) is 5.72 Å². The SMILES string of the molecule is CC1(C)OC(c2ccccc2)CN1S(=O)(=O)c1ccccc1. The fraction of sp³-hybridized carbons (Fsp3) is 0.294. The number of rotatable bonds is 3. The molecule has 0 aromatic heterocycles. The van der Waals surface area contributed by atoms with Crippen LogP contribution < -0.4 is 0 Å². The molecule has 1 fully saturated rings. The molecule has 1 aliphatic rings. The van der Waals surface area contributed by atoms with Crippen LogP contribution in [0.15, 0.2) is 65.6 Å². The average Bonchev–Trinajstić information content (AvgIpc) is 2.85. The third-order valence-corrected chi connectivity index (χ3v) is 5.90. The summed E-state index contributed by atoms with van der Waals surface area (Å²) < 4.78 is 33.2. The van der Waals surface area contributed by atoms with E-state index in [1.165, 1.54) is 4.31 Å². The molecular formula is C17H19NO3S. The van der Waals surface area contributed by atoms with Crippen molar-refractivity contribution < 1.29 is 13.2 Å². The normalized spacial score (nSPS) is 21.8. The van der Waals surface area contributed by atoms with Gasteiger partial charge in [-0.15, -0.1) is 0 Å². The molecule has 0 bridgehead atoms. The number of benzene rings is 2. The minimum atomic E-state index is -3.58. The highest BCUT2D eigenvalue weighted by Crippen LogP contribution is 2.39. The molecule has 0 radical (unpaired) electrons. The topological polar surface area (TPSA) is 46.6 Å². The van der Waals surface area contributed by atoms with Crippen LogP contribution in [0.1, 0.15) is 25.5 Å². The van der Waals surface area contributed by atoms with Crippen molar-refractivity contribution in [3.63, 3.8) is 0 Å². The standard InChI is InChI=1S/C17H19NO3S/c1-17(2)18(22(19,20)15-11-7-4-8-12-15)13-16(21-17)14-9-5-3-6-10-14/h3-12,16H,13H2,1-2H3. The number of hydrogen-bond donors (Lipinski definition) is 0. The van der Waals surface area contributed by atoms with Crippen molar-refractivity contribution in [2.75, 3.05) is 6.54 Å². The number of sulfonamides is 1. The van der Waals surface area contributed by atoms with Crippen molar-refractivity contribution >= 4 is 10.0 Å². The van der Waals surface area contributed by atoms with Crippen LogP contribution in [-0.2, 0) is 14.8 Å². The van der Waals surface area contributed by atoms with Gasteiger partial charge in [-0.3, -0.25) is 0 Å². The van der Waals surface area contributed by atoms with Gasteiger partial charge in [-0.1, -0.05) is 48.5 Å². The zero-order valence-electron chi connectivity index (χ0n) is 12.6. The lowest BCUT2D eigenvalue weighted by Gasteiger charge is -2.28. The van der Waals surface area contributed by atoms with Gasteiger partial charge in [-0.2, -0.15) is 4.31 Å². The third-order valence-electron chi connectivity index (χ3n) is 3.87. The summed E-state index contributed by atoms with van der Waals surface area (Å²) in [6.45, 7) is 3.89. The zero-order valence-corrected chi connectivity index (χ0v) is 13.5. The largest absolute Gasteiger partial charge is 0.351 e. The summed E-state index contributed by atoms with van der Waals surface area (Å²) in [4.78, 5) is 0.292. The smallest absolute Gasteiger partial charge is 0.245 e. The van der Waals surface area contributed by atoms with Crippen LogP contribution >= 0.6 is 0 Å². The second kappa shape index (κ2) is 5.50. The van der Waals surface area contributed by atoms with E-state index in [4.69, 9.17) is 4.74 Å². The molecule has 0 saturated carbocycles. The van der Waals surface area contributed by atoms with Crippen molar-refractivity contribution in [2.24, 2.45) is 0 Å². The molecule has 3 rings (SSSR count). The first-order valence-corrected chi connectivity index (χ1v) is 8.66. The van der Waals surface area contributed by atoms with Crippen molar-refractivity contribution in [3.05, 3.63) is 66.2 Å². The summed E-state index contributed by atoms with van der Waals surface area (Å²) >= 11 is 0. The Bertz CT molecular complexity index is 742. The summed E-state index contributed by atoms with van der Waals surface area (Å²) in [7, 11) is -3.58. The van der Waals surface area contributed by atoms with Crippen LogP contribution in [0.5, 0.6) is 0 Å². The Morgan fingerprint density at radius 2 is 1.55 bits per heavy atom. The maximum atomic E-state index is 12.9. The monoisotopic (exact) mass is 317 g/mol. The van der Waals surface area contributed by atoms with Crippen molar-refractivity contribution in [3.8, 4) is 0 Å². The van der Waals surface area contributed by atoms with E-state index >= 15 is 0 Å². The highest BCUT2D eigenvalue weighted by Gasteiger charge is 2.46. The van der Waals surface area contributed by atoms with Gasteiger partial charge in [0.15, 0.2) is 0 Å². The number of nitrogens with zero attached hydrogens (tertiary/aromatic N) is 1. The summed E-state index contributed by atoms with van der Waals surface area (Å²) in [5, 5.41) is 0. The summed E-state index contributed by atoms with van der Waals surface area (Å²) in [5.74, 6) is 0. The quantitative estimate of drug-likeness (QED) is 0.873. The van der Waals surface area contributed by atoms with E-state index < -0.39 is 15.7 Å². The maximum Gasteiger partial charge on any atom is 0.245 e. The third kappa shape index (κ3) is 2.67. The average molecular weight is 317 g/mol. The fourth-order valence-electron chi connectivity index (χ4n) is 2.76. The lowest BCUT2D eigenvalue weighted by molar-refractivity contribution is -0.0508. The van der Waals surface area contributed by atoms with Gasteiger partial charge >= 0.3 is 0 Å². The van der Waals surface area contributed by atoms with Gasteiger partial charge in [0, 0.05) is 6.54 Å². The Labute approximate surface area is 131 Å². The second-order valence-corrected chi connectivity index (χ2v) is 7.68. The number of hydrogen-bond acceptors (Lipinski definition) is 3. The van der Waals surface area contributed by atoms with Gasteiger partial charge in [-0.05, 0) is 31.5 Å². The van der Waals surface area contributed by atoms with E-state index in [2.05, 4.69) is 0 Å². The molecule has 2 aromatic carbocycles. The molecule has 1 atom stereocenters. The van der Waals surface area contributed by atoms with Gasteiger partial charge in [0.05, 0.1) is 11.0 Å². The molecule has 1 aliphatic heterocycles. The van der Waals surface area contributed by atoms with Crippen LogP contribution in [-0.4, -0.2) is 25.0 Å². The van der Waals surface area contributed by atoms with E-state index in [0.717, 1.165) is 5.56 Å². The Balaban J connectivity index is 1.95.